The molecule has 4 aromatic rings. The molecule has 29 heavy (non-hydrogen) atoms. The molecule has 8 nitrogen and oxygen atoms in total. The standard InChI is InChI=1S/C21H19N5O3/c1-12-16-10-15(29-3)7-8-17(16)23-20(22-12)26-21-24-18(11-19(27)25-21)13-5-4-6-14(9-13)28-2/h4-11H,1-3H3,(H2,22,23,24,25,26,27). The second-order valence-corrected chi connectivity index (χ2v) is 6.35. The van der Waals surface area contributed by atoms with Crippen LogP contribution in [0.5, 0.6) is 11.5 Å². The number of aryl methyl sites for hydroxylation is 1. The molecule has 2 heterocycles. The summed E-state index contributed by atoms with van der Waals surface area (Å²) in [5, 5.41) is 3.88. The van der Waals surface area contributed by atoms with Crippen LogP contribution in [0, 0.1) is 6.92 Å². The first-order valence-corrected chi connectivity index (χ1v) is 8.91. The maximum atomic E-state index is 12.2. The highest BCUT2D eigenvalue weighted by Crippen LogP contribution is 2.24. The van der Waals surface area contributed by atoms with Gasteiger partial charge in [-0.25, -0.2) is 15.0 Å². The van der Waals surface area contributed by atoms with Crippen molar-refractivity contribution in [3.05, 3.63) is 64.6 Å². The van der Waals surface area contributed by atoms with Gasteiger partial charge in [-0.15, -0.1) is 0 Å². The topological polar surface area (TPSA) is 102 Å². The second-order valence-electron chi connectivity index (χ2n) is 6.35. The molecule has 0 radical (unpaired) electrons. The molecule has 2 aromatic carbocycles. The van der Waals surface area contributed by atoms with E-state index in [1.54, 1.807) is 14.2 Å². The third-order valence-corrected chi connectivity index (χ3v) is 4.43. The van der Waals surface area contributed by atoms with E-state index in [4.69, 9.17) is 9.47 Å². The monoisotopic (exact) mass is 389 g/mol. The summed E-state index contributed by atoms with van der Waals surface area (Å²) in [7, 11) is 3.21. The molecule has 0 spiro atoms. The minimum absolute atomic E-state index is 0.252. The zero-order valence-electron chi connectivity index (χ0n) is 16.2. The lowest BCUT2D eigenvalue weighted by molar-refractivity contribution is 0.415. The van der Waals surface area contributed by atoms with Gasteiger partial charge in [0, 0.05) is 17.0 Å². The summed E-state index contributed by atoms with van der Waals surface area (Å²) in [5.41, 5.74) is 2.52. The van der Waals surface area contributed by atoms with E-state index >= 15 is 0 Å². The van der Waals surface area contributed by atoms with Crippen LogP contribution in [0.2, 0.25) is 0 Å². The predicted octanol–water partition coefficient (Wildman–Crippen LogP) is 3.45. The number of hydrogen-bond acceptors (Lipinski definition) is 7. The third-order valence-electron chi connectivity index (χ3n) is 4.43. The van der Waals surface area contributed by atoms with Gasteiger partial charge < -0.3 is 9.47 Å². The molecule has 0 atom stereocenters. The van der Waals surface area contributed by atoms with Crippen LogP contribution in [-0.2, 0) is 0 Å². The van der Waals surface area contributed by atoms with Crippen molar-refractivity contribution in [1.82, 2.24) is 19.9 Å². The van der Waals surface area contributed by atoms with Gasteiger partial charge >= 0.3 is 0 Å². The fraction of sp³-hybridized carbons (Fsp3) is 0.143. The maximum absolute atomic E-state index is 12.2. The highest BCUT2D eigenvalue weighted by atomic mass is 16.5. The van der Waals surface area contributed by atoms with Gasteiger partial charge in [-0.3, -0.25) is 15.1 Å². The summed E-state index contributed by atoms with van der Waals surface area (Å²) in [6.07, 6.45) is 0. The van der Waals surface area contributed by atoms with Crippen LogP contribution in [0.4, 0.5) is 11.9 Å². The molecule has 0 bridgehead atoms. The van der Waals surface area contributed by atoms with Gasteiger partial charge in [0.25, 0.3) is 5.56 Å². The fourth-order valence-electron chi connectivity index (χ4n) is 3.00. The van der Waals surface area contributed by atoms with Gasteiger partial charge in [-0.05, 0) is 37.3 Å². The van der Waals surface area contributed by atoms with Crippen LogP contribution in [0.1, 0.15) is 5.69 Å². The number of anilines is 2. The molecular weight excluding hydrogens is 370 g/mol. The van der Waals surface area contributed by atoms with Gasteiger partial charge in [0.05, 0.1) is 31.1 Å². The molecule has 146 valence electrons. The minimum atomic E-state index is -0.289. The van der Waals surface area contributed by atoms with Crippen LogP contribution < -0.4 is 20.3 Å². The first-order valence-electron chi connectivity index (χ1n) is 8.91. The zero-order valence-corrected chi connectivity index (χ0v) is 16.2. The Morgan fingerprint density at radius 1 is 0.931 bits per heavy atom. The molecule has 0 saturated heterocycles. The van der Waals surface area contributed by atoms with Gasteiger partial charge in [-0.1, -0.05) is 12.1 Å². The number of methoxy groups -OCH3 is 2. The van der Waals surface area contributed by atoms with E-state index in [0.717, 1.165) is 27.9 Å². The Morgan fingerprint density at radius 2 is 1.72 bits per heavy atom. The van der Waals surface area contributed by atoms with Crippen molar-refractivity contribution in [2.75, 3.05) is 19.5 Å². The van der Waals surface area contributed by atoms with E-state index in [9.17, 15) is 4.79 Å². The van der Waals surface area contributed by atoms with Crippen molar-refractivity contribution >= 4 is 22.8 Å². The van der Waals surface area contributed by atoms with Crippen LogP contribution in [0.15, 0.2) is 53.3 Å². The highest BCUT2D eigenvalue weighted by molar-refractivity contribution is 5.83. The van der Waals surface area contributed by atoms with Crippen LogP contribution in [-0.4, -0.2) is 34.2 Å². The Morgan fingerprint density at radius 3 is 2.52 bits per heavy atom. The van der Waals surface area contributed by atoms with E-state index in [1.807, 2.05) is 49.4 Å². The summed E-state index contributed by atoms with van der Waals surface area (Å²) in [5.74, 6) is 2.01. The number of benzene rings is 2. The number of aromatic amines is 1. The van der Waals surface area contributed by atoms with E-state index in [-0.39, 0.29) is 11.5 Å². The van der Waals surface area contributed by atoms with Gasteiger partial charge in [-0.2, -0.15) is 0 Å². The normalized spacial score (nSPS) is 10.7. The van der Waals surface area contributed by atoms with Crippen molar-refractivity contribution in [2.24, 2.45) is 0 Å². The lowest BCUT2D eigenvalue weighted by Gasteiger charge is -2.10. The lowest BCUT2D eigenvalue weighted by atomic mass is 10.1. The van der Waals surface area contributed by atoms with E-state index < -0.39 is 0 Å². The SMILES string of the molecule is COc1cccc(-c2cc(=O)[nH]c(Nc3nc(C)c4cc(OC)ccc4n3)n2)c1. The van der Waals surface area contributed by atoms with Crippen molar-refractivity contribution in [2.45, 2.75) is 6.92 Å². The van der Waals surface area contributed by atoms with Crippen molar-refractivity contribution in [3.8, 4) is 22.8 Å². The highest BCUT2D eigenvalue weighted by Gasteiger charge is 2.10. The summed E-state index contributed by atoms with van der Waals surface area (Å²) in [6.45, 7) is 1.89. The number of H-pyrrole nitrogens is 1. The Hall–Kier alpha value is -3.94. The van der Waals surface area contributed by atoms with Crippen molar-refractivity contribution < 1.29 is 9.47 Å². The number of fused-ring (bicyclic) bond motifs is 1. The van der Waals surface area contributed by atoms with E-state index in [1.165, 1.54) is 6.07 Å². The van der Waals surface area contributed by atoms with Crippen LogP contribution in [0.25, 0.3) is 22.2 Å². The minimum Gasteiger partial charge on any atom is -0.497 e. The lowest BCUT2D eigenvalue weighted by Crippen LogP contribution is -2.12. The molecule has 4 rings (SSSR count). The fourth-order valence-corrected chi connectivity index (χ4v) is 3.00. The Kier molecular flexibility index (Phi) is 4.82. The van der Waals surface area contributed by atoms with Crippen LogP contribution >= 0.6 is 0 Å². The molecule has 8 heteroatoms. The summed E-state index contributed by atoms with van der Waals surface area (Å²) in [6, 6.07) is 14.4. The molecule has 0 aliphatic rings. The predicted molar refractivity (Wildman–Crippen MR) is 111 cm³/mol. The average molecular weight is 389 g/mol. The number of hydrogen-bond donors (Lipinski definition) is 2. The van der Waals surface area contributed by atoms with Gasteiger partial charge in [0.2, 0.25) is 11.9 Å². The smallest absolute Gasteiger partial charge is 0.252 e. The summed E-state index contributed by atoms with van der Waals surface area (Å²) >= 11 is 0. The zero-order chi connectivity index (χ0) is 20.4. The van der Waals surface area contributed by atoms with Gasteiger partial charge in [0.15, 0.2) is 0 Å². The van der Waals surface area contributed by atoms with E-state index in [2.05, 4.69) is 25.3 Å². The molecule has 0 unspecified atom stereocenters. The average Bonchev–Trinajstić information content (AvgIpc) is 2.73. The number of nitrogens with zero attached hydrogens (tertiary/aromatic N) is 3. The molecule has 0 saturated carbocycles. The summed E-state index contributed by atoms with van der Waals surface area (Å²) < 4.78 is 10.5. The quantitative estimate of drug-likeness (QED) is 0.539. The third kappa shape index (κ3) is 3.86. The number of aromatic nitrogens is 4. The maximum Gasteiger partial charge on any atom is 0.252 e. The molecule has 2 N–H and O–H groups in total. The van der Waals surface area contributed by atoms with E-state index in [0.29, 0.717) is 17.4 Å². The number of rotatable bonds is 5. The summed E-state index contributed by atoms with van der Waals surface area (Å²) in [4.78, 5) is 28.3. The molecule has 0 aliphatic carbocycles. The van der Waals surface area contributed by atoms with Crippen molar-refractivity contribution in [1.29, 1.82) is 0 Å². The second kappa shape index (κ2) is 7.59. The first-order chi connectivity index (χ1) is 14.1. The largest absolute Gasteiger partial charge is 0.497 e. The molecule has 0 fully saturated rings. The molecule has 2 aromatic heterocycles. The molecule has 0 amide bonds. The molecular formula is C21H19N5O3. The van der Waals surface area contributed by atoms with Crippen LogP contribution in [0.3, 0.4) is 0 Å². The Bertz CT molecular complexity index is 1250. The van der Waals surface area contributed by atoms with Crippen molar-refractivity contribution in [3.63, 3.8) is 0 Å². The number of nitrogens with one attached hydrogen (secondary N) is 2. The van der Waals surface area contributed by atoms with Gasteiger partial charge in [0.1, 0.15) is 11.5 Å². The number of ether oxygens (including phenoxy) is 2. The molecule has 0 aliphatic heterocycles. The first kappa shape index (κ1) is 18.4. The Labute approximate surface area is 166 Å². The Balaban J connectivity index is 1.71.